The summed E-state index contributed by atoms with van der Waals surface area (Å²) in [7, 11) is 3.15. The van der Waals surface area contributed by atoms with Crippen LogP contribution in [0.5, 0.6) is 5.75 Å². The number of hydrogen-bond acceptors (Lipinski definition) is 5. The normalized spacial score (nSPS) is 19.1. The third-order valence-corrected chi connectivity index (χ3v) is 5.46. The molecule has 2 atom stereocenters. The molecule has 0 aliphatic carbocycles. The number of para-hydroxylation sites is 2. The SMILES string of the molecule is COc1ccccc1-n1c(C)c[n+]2c1N=C1C2C(=O)N(C(C)C(C)=O)C(=O)N1C. The third kappa shape index (κ3) is 2.57. The maximum Gasteiger partial charge on any atom is 0.407 e. The van der Waals surface area contributed by atoms with Gasteiger partial charge in [0.05, 0.1) is 13.2 Å². The second-order valence-electron chi connectivity index (χ2n) is 7.19. The zero-order valence-electron chi connectivity index (χ0n) is 16.9. The number of ketones is 1. The first-order valence-corrected chi connectivity index (χ1v) is 9.24. The number of urea groups is 1. The molecular weight excluding hydrogens is 374 g/mol. The molecule has 1 aromatic carbocycles. The van der Waals surface area contributed by atoms with E-state index in [-0.39, 0.29) is 5.78 Å². The molecule has 2 unspecified atom stereocenters. The molecular formula is C20H22N5O4+. The Labute approximate surface area is 167 Å². The molecule has 0 bridgehead atoms. The maximum atomic E-state index is 13.2. The first-order valence-electron chi connectivity index (χ1n) is 9.24. The Morgan fingerprint density at radius 1 is 1.28 bits per heavy atom. The first kappa shape index (κ1) is 18.9. The Hall–Kier alpha value is -3.49. The van der Waals surface area contributed by atoms with E-state index < -0.39 is 24.0 Å². The number of amides is 3. The summed E-state index contributed by atoms with van der Waals surface area (Å²) < 4.78 is 9.10. The van der Waals surface area contributed by atoms with Gasteiger partial charge in [-0.1, -0.05) is 17.1 Å². The van der Waals surface area contributed by atoms with Gasteiger partial charge < -0.3 is 4.74 Å². The Kier molecular flexibility index (Phi) is 4.25. The van der Waals surface area contributed by atoms with E-state index in [1.807, 2.05) is 42.0 Å². The number of amidine groups is 1. The minimum Gasteiger partial charge on any atom is -0.493 e. The van der Waals surface area contributed by atoms with Gasteiger partial charge in [-0.05, 0) is 32.9 Å². The van der Waals surface area contributed by atoms with Crippen molar-refractivity contribution in [3.05, 3.63) is 36.2 Å². The summed E-state index contributed by atoms with van der Waals surface area (Å²) in [5.74, 6) is 0.789. The van der Waals surface area contributed by atoms with Crippen LogP contribution in [0.15, 0.2) is 35.5 Å². The van der Waals surface area contributed by atoms with Gasteiger partial charge in [0, 0.05) is 7.05 Å². The van der Waals surface area contributed by atoms with Crippen LogP contribution in [0.25, 0.3) is 5.69 Å². The number of methoxy groups -OCH3 is 1. The van der Waals surface area contributed by atoms with Crippen LogP contribution >= 0.6 is 0 Å². The standard InChI is InChI=1S/C20H22N5O4/c1-11-10-23-16-17(22(4)20(28)25(18(16)27)12(2)13(3)26)21-19(23)24(11)14-8-6-7-9-15(14)29-5/h6-10,12,16H,1-5H3/q+1. The number of likely N-dealkylation sites (N-methyl/N-ethyl adjacent to an activating group) is 1. The lowest BCUT2D eigenvalue weighted by Crippen LogP contribution is -2.65. The van der Waals surface area contributed by atoms with Crippen molar-refractivity contribution >= 4 is 29.5 Å². The lowest BCUT2D eigenvalue weighted by atomic mass is 10.1. The van der Waals surface area contributed by atoms with E-state index in [1.54, 1.807) is 25.6 Å². The first-order chi connectivity index (χ1) is 13.8. The van der Waals surface area contributed by atoms with Gasteiger partial charge >= 0.3 is 12.0 Å². The second kappa shape index (κ2) is 6.54. The summed E-state index contributed by atoms with van der Waals surface area (Å²) in [6.07, 6.45) is 1.82. The molecule has 3 heterocycles. The topological polar surface area (TPSA) is 88.1 Å². The summed E-state index contributed by atoms with van der Waals surface area (Å²) in [5.41, 5.74) is 1.63. The maximum absolute atomic E-state index is 13.2. The molecule has 2 aliphatic rings. The molecule has 150 valence electrons. The molecule has 29 heavy (non-hydrogen) atoms. The predicted octanol–water partition coefficient (Wildman–Crippen LogP) is 1.54. The number of Topliss-reactive ketones (excluding diaryl/α,β-unsaturated/α-hetero) is 1. The van der Waals surface area contributed by atoms with E-state index in [0.29, 0.717) is 17.5 Å². The van der Waals surface area contributed by atoms with Crippen molar-refractivity contribution in [1.29, 1.82) is 0 Å². The highest BCUT2D eigenvalue weighted by atomic mass is 16.5. The van der Waals surface area contributed by atoms with Crippen LogP contribution in [0.3, 0.4) is 0 Å². The predicted molar refractivity (Wildman–Crippen MR) is 104 cm³/mol. The average molecular weight is 396 g/mol. The van der Waals surface area contributed by atoms with Gasteiger partial charge in [-0.15, -0.1) is 0 Å². The highest BCUT2D eigenvalue weighted by molar-refractivity contribution is 6.20. The molecule has 2 aromatic rings. The van der Waals surface area contributed by atoms with Crippen molar-refractivity contribution in [1.82, 2.24) is 14.4 Å². The van der Waals surface area contributed by atoms with E-state index in [2.05, 4.69) is 4.99 Å². The number of imidazole rings is 1. The molecule has 0 saturated carbocycles. The lowest BCUT2D eigenvalue weighted by molar-refractivity contribution is -0.676. The number of carbonyl (C=O) groups excluding carboxylic acids is 3. The van der Waals surface area contributed by atoms with Crippen LogP contribution in [-0.2, 0) is 9.59 Å². The van der Waals surface area contributed by atoms with Crippen molar-refractivity contribution < 1.29 is 23.7 Å². The molecule has 9 heteroatoms. The van der Waals surface area contributed by atoms with Crippen LogP contribution in [0.1, 0.15) is 25.6 Å². The zero-order valence-corrected chi connectivity index (χ0v) is 16.9. The van der Waals surface area contributed by atoms with Gasteiger partial charge in [0.2, 0.25) is 11.9 Å². The monoisotopic (exact) mass is 396 g/mol. The fraction of sp³-hybridized carbons (Fsp3) is 0.350. The molecule has 0 spiro atoms. The summed E-state index contributed by atoms with van der Waals surface area (Å²) in [5, 5.41) is 0. The third-order valence-electron chi connectivity index (χ3n) is 5.46. The van der Waals surface area contributed by atoms with Gasteiger partial charge in [-0.3, -0.25) is 14.5 Å². The van der Waals surface area contributed by atoms with E-state index >= 15 is 0 Å². The number of aliphatic imine (C=N–C) groups is 1. The highest BCUT2D eigenvalue weighted by Gasteiger charge is 2.54. The second-order valence-corrected chi connectivity index (χ2v) is 7.19. The number of ether oxygens (including phenoxy) is 1. The summed E-state index contributed by atoms with van der Waals surface area (Å²) in [4.78, 5) is 44.9. The average Bonchev–Trinajstić information content (AvgIpc) is 3.20. The molecule has 3 amide bonds. The van der Waals surface area contributed by atoms with Crippen LogP contribution in [0.2, 0.25) is 0 Å². The number of imide groups is 1. The Morgan fingerprint density at radius 3 is 2.62 bits per heavy atom. The lowest BCUT2D eigenvalue weighted by Gasteiger charge is -2.35. The Bertz CT molecular complexity index is 1090. The van der Waals surface area contributed by atoms with Gasteiger partial charge in [-0.25, -0.2) is 14.3 Å². The Balaban J connectivity index is 1.88. The van der Waals surface area contributed by atoms with Crippen LogP contribution in [0.4, 0.5) is 10.7 Å². The molecule has 1 saturated heterocycles. The number of aromatic nitrogens is 2. The van der Waals surface area contributed by atoms with Crippen LogP contribution in [-0.4, -0.2) is 58.1 Å². The van der Waals surface area contributed by atoms with Gasteiger partial charge in [0.1, 0.15) is 17.6 Å². The van der Waals surface area contributed by atoms with Crippen LogP contribution in [0, 0.1) is 6.92 Å². The Morgan fingerprint density at radius 2 is 1.97 bits per heavy atom. The molecule has 2 aliphatic heterocycles. The number of carbonyl (C=O) groups is 3. The van der Waals surface area contributed by atoms with E-state index in [4.69, 9.17) is 4.74 Å². The molecule has 1 fully saturated rings. The van der Waals surface area contributed by atoms with Gasteiger partial charge in [-0.2, -0.15) is 4.57 Å². The van der Waals surface area contributed by atoms with Crippen molar-refractivity contribution in [3.63, 3.8) is 0 Å². The fourth-order valence-corrected chi connectivity index (χ4v) is 3.80. The summed E-state index contributed by atoms with van der Waals surface area (Å²) in [6, 6.07) is 5.30. The number of fused-ring (bicyclic) bond motifs is 3. The van der Waals surface area contributed by atoms with Crippen molar-refractivity contribution in [2.75, 3.05) is 14.2 Å². The van der Waals surface area contributed by atoms with Crippen LogP contribution < -0.4 is 9.30 Å². The molecule has 9 nitrogen and oxygen atoms in total. The van der Waals surface area contributed by atoms with Crippen molar-refractivity contribution in [2.24, 2.45) is 4.99 Å². The minimum absolute atomic E-state index is 0.258. The van der Waals surface area contributed by atoms with Gasteiger partial charge in [0.15, 0.2) is 11.5 Å². The molecule has 0 radical (unpaired) electrons. The number of nitrogens with zero attached hydrogens (tertiary/aromatic N) is 5. The highest BCUT2D eigenvalue weighted by Crippen LogP contribution is 2.34. The van der Waals surface area contributed by atoms with Gasteiger partial charge in [0.25, 0.3) is 5.91 Å². The smallest absolute Gasteiger partial charge is 0.407 e. The van der Waals surface area contributed by atoms with Crippen molar-refractivity contribution in [3.8, 4) is 11.4 Å². The quantitative estimate of drug-likeness (QED) is 0.734. The number of hydrogen-bond donors (Lipinski definition) is 0. The van der Waals surface area contributed by atoms with E-state index in [1.165, 1.54) is 11.8 Å². The number of aryl methyl sites for hydroxylation is 1. The fourth-order valence-electron chi connectivity index (χ4n) is 3.80. The summed E-state index contributed by atoms with van der Waals surface area (Å²) in [6.45, 7) is 4.83. The van der Waals surface area contributed by atoms with Crippen molar-refractivity contribution in [2.45, 2.75) is 32.9 Å². The van der Waals surface area contributed by atoms with E-state index in [9.17, 15) is 14.4 Å². The largest absolute Gasteiger partial charge is 0.493 e. The number of benzene rings is 1. The number of rotatable bonds is 4. The molecule has 4 rings (SSSR count). The zero-order chi connectivity index (χ0) is 21.0. The molecule has 1 aromatic heterocycles. The summed E-state index contributed by atoms with van der Waals surface area (Å²) >= 11 is 0. The minimum atomic E-state index is -0.846. The molecule has 0 N–H and O–H groups in total. The van der Waals surface area contributed by atoms with E-state index in [0.717, 1.165) is 16.3 Å².